The van der Waals surface area contributed by atoms with Gasteiger partial charge in [-0.05, 0) is 51.5 Å². The van der Waals surface area contributed by atoms with Gasteiger partial charge in [0, 0.05) is 12.2 Å². The Morgan fingerprint density at radius 1 is 1.45 bits per heavy atom. The lowest BCUT2D eigenvalue weighted by Gasteiger charge is -2.19. The van der Waals surface area contributed by atoms with Crippen LogP contribution in [0.25, 0.3) is 0 Å². The van der Waals surface area contributed by atoms with E-state index in [0.29, 0.717) is 0 Å². The molecular weight excluding hydrogens is 257 g/mol. The van der Waals surface area contributed by atoms with E-state index in [4.69, 9.17) is 0 Å². The molecule has 1 N–H and O–H groups in total. The second kappa shape index (κ2) is 8.64. The lowest BCUT2D eigenvalue weighted by molar-refractivity contribution is 0.0932. The molecule has 1 atom stereocenters. The average molecular weight is 281 g/mol. The number of carbonyl (C=O) groups is 1. The number of hydrogen-bond donors (Lipinski definition) is 1. The third-order valence-electron chi connectivity index (χ3n) is 3.39. The summed E-state index contributed by atoms with van der Waals surface area (Å²) in [5.41, 5.74) is 0.00286. The Kier molecular flexibility index (Phi) is 7.15. The fraction of sp³-hybridized carbons (Fsp3) is 0.600. The number of halogens is 1. The predicted octanol–water partition coefficient (Wildman–Crippen LogP) is 2.46. The molecule has 1 unspecified atom stereocenters. The average Bonchev–Trinajstić information content (AvgIpc) is 2.44. The van der Waals surface area contributed by atoms with Crippen LogP contribution < -0.4 is 5.32 Å². The largest absolute Gasteiger partial charge is 0.349 e. The third-order valence-corrected chi connectivity index (χ3v) is 3.39. The molecule has 0 aliphatic heterocycles. The van der Waals surface area contributed by atoms with Crippen molar-refractivity contribution in [2.75, 3.05) is 19.6 Å². The highest BCUT2D eigenvalue weighted by molar-refractivity contribution is 5.94. The zero-order valence-corrected chi connectivity index (χ0v) is 12.5. The van der Waals surface area contributed by atoms with Gasteiger partial charge in [-0.15, -0.1) is 0 Å². The second-order valence-electron chi connectivity index (χ2n) is 4.89. The van der Waals surface area contributed by atoms with Gasteiger partial charge in [0.1, 0.15) is 0 Å². The predicted molar refractivity (Wildman–Crippen MR) is 78.1 cm³/mol. The number of rotatable bonds is 8. The topological polar surface area (TPSA) is 45.2 Å². The number of pyridine rings is 1. The maximum atomic E-state index is 13.4. The summed E-state index contributed by atoms with van der Waals surface area (Å²) in [7, 11) is 0. The Bertz CT molecular complexity index is 421. The molecule has 0 aliphatic carbocycles. The molecule has 4 nitrogen and oxygen atoms in total. The molecular formula is C15H24FN3O. The molecule has 112 valence electrons. The summed E-state index contributed by atoms with van der Waals surface area (Å²) in [6, 6.07) is 3.03. The molecule has 0 saturated heterocycles. The zero-order valence-electron chi connectivity index (χ0n) is 12.5. The van der Waals surface area contributed by atoms with Gasteiger partial charge in [-0.25, -0.2) is 4.98 Å². The molecule has 20 heavy (non-hydrogen) atoms. The van der Waals surface area contributed by atoms with E-state index < -0.39 is 11.9 Å². The Morgan fingerprint density at radius 3 is 2.75 bits per heavy atom. The number of nitrogens with zero attached hydrogens (tertiary/aromatic N) is 2. The summed E-state index contributed by atoms with van der Waals surface area (Å²) in [5, 5.41) is 2.81. The number of nitrogens with one attached hydrogen (secondary N) is 1. The normalized spacial score (nSPS) is 12.4. The highest BCUT2D eigenvalue weighted by atomic mass is 19.1. The lowest BCUT2D eigenvalue weighted by atomic mass is 10.1. The summed E-state index contributed by atoms with van der Waals surface area (Å²) in [4.78, 5) is 17.7. The van der Waals surface area contributed by atoms with Gasteiger partial charge in [-0.2, -0.15) is 4.39 Å². The SMILES string of the molecule is CCN(CC)CCCC(C)NC(=O)c1cccnc1F. The Morgan fingerprint density at radius 2 is 2.15 bits per heavy atom. The van der Waals surface area contributed by atoms with E-state index >= 15 is 0 Å². The Labute approximate surface area is 120 Å². The molecule has 5 heteroatoms. The molecule has 1 rings (SSSR count). The molecule has 1 heterocycles. The van der Waals surface area contributed by atoms with Gasteiger partial charge in [0.2, 0.25) is 5.95 Å². The van der Waals surface area contributed by atoms with Crippen molar-refractivity contribution < 1.29 is 9.18 Å². The van der Waals surface area contributed by atoms with Crippen molar-refractivity contribution in [3.05, 3.63) is 29.8 Å². The number of hydrogen-bond acceptors (Lipinski definition) is 3. The summed E-state index contributed by atoms with van der Waals surface area (Å²) >= 11 is 0. The smallest absolute Gasteiger partial charge is 0.256 e. The van der Waals surface area contributed by atoms with Gasteiger partial charge in [0.25, 0.3) is 5.91 Å². The zero-order chi connectivity index (χ0) is 15.0. The van der Waals surface area contributed by atoms with Crippen LogP contribution >= 0.6 is 0 Å². The molecule has 0 radical (unpaired) electrons. The maximum Gasteiger partial charge on any atom is 0.256 e. The molecule has 0 aromatic carbocycles. The summed E-state index contributed by atoms with van der Waals surface area (Å²) in [6.45, 7) is 9.32. The van der Waals surface area contributed by atoms with Crippen LogP contribution in [0, 0.1) is 5.95 Å². The lowest BCUT2D eigenvalue weighted by Crippen LogP contribution is -2.34. The van der Waals surface area contributed by atoms with E-state index in [-0.39, 0.29) is 11.6 Å². The first-order valence-electron chi connectivity index (χ1n) is 7.22. The van der Waals surface area contributed by atoms with Crippen molar-refractivity contribution >= 4 is 5.91 Å². The summed E-state index contributed by atoms with van der Waals surface area (Å²) in [6.07, 6.45) is 3.22. The molecule has 1 aromatic rings. The monoisotopic (exact) mass is 281 g/mol. The number of carbonyl (C=O) groups excluding carboxylic acids is 1. The quantitative estimate of drug-likeness (QED) is 0.745. The molecule has 1 aromatic heterocycles. The van der Waals surface area contributed by atoms with Crippen molar-refractivity contribution in [1.29, 1.82) is 0 Å². The minimum Gasteiger partial charge on any atom is -0.349 e. The molecule has 1 amide bonds. The standard InChI is InChI=1S/C15H24FN3O/c1-4-19(5-2)11-7-8-12(3)18-15(20)13-9-6-10-17-14(13)16/h6,9-10,12H,4-5,7-8,11H2,1-3H3,(H,18,20). The Balaban J connectivity index is 2.37. The van der Waals surface area contributed by atoms with E-state index in [2.05, 4.69) is 29.0 Å². The van der Waals surface area contributed by atoms with Crippen molar-refractivity contribution in [3.8, 4) is 0 Å². The van der Waals surface area contributed by atoms with Gasteiger partial charge in [0.15, 0.2) is 0 Å². The van der Waals surface area contributed by atoms with Crippen LogP contribution in [0.1, 0.15) is 44.0 Å². The third kappa shape index (κ3) is 5.25. The van der Waals surface area contributed by atoms with Gasteiger partial charge < -0.3 is 10.2 Å². The minimum absolute atomic E-state index is 0.00286. The van der Waals surface area contributed by atoms with Crippen LogP contribution in [-0.4, -0.2) is 41.5 Å². The maximum absolute atomic E-state index is 13.4. The molecule has 0 bridgehead atoms. The molecule has 0 saturated carbocycles. The van der Waals surface area contributed by atoms with E-state index in [0.717, 1.165) is 32.5 Å². The van der Waals surface area contributed by atoms with Crippen molar-refractivity contribution in [1.82, 2.24) is 15.2 Å². The van der Waals surface area contributed by atoms with Crippen molar-refractivity contribution in [2.24, 2.45) is 0 Å². The van der Waals surface area contributed by atoms with Crippen LogP contribution in [0.4, 0.5) is 4.39 Å². The number of amides is 1. The first kappa shape index (κ1) is 16.6. The van der Waals surface area contributed by atoms with Gasteiger partial charge in [0.05, 0.1) is 5.56 Å². The van der Waals surface area contributed by atoms with Gasteiger partial charge >= 0.3 is 0 Å². The second-order valence-corrected chi connectivity index (χ2v) is 4.89. The van der Waals surface area contributed by atoms with Crippen molar-refractivity contribution in [2.45, 2.75) is 39.7 Å². The molecule has 0 fully saturated rings. The van der Waals surface area contributed by atoms with Crippen LogP contribution in [-0.2, 0) is 0 Å². The van der Waals surface area contributed by atoms with Gasteiger partial charge in [-0.1, -0.05) is 13.8 Å². The highest BCUT2D eigenvalue weighted by Gasteiger charge is 2.14. The van der Waals surface area contributed by atoms with E-state index in [1.165, 1.54) is 12.3 Å². The van der Waals surface area contributed by atoms with Crippen LogP contribution in [0.2, 0.25) is 0 Å². The van der Waals surface area contributed by atoms with Crippen LogP contribution in [0.15, 0.2) is 18.3 Å². The Hall–Kier alpha value is -1.49. The number of aromatic nitrogens is 1. The van der Waals surface area contributed by atoms with Crippen LogP contribution in [0.5, 0.6) is 0 Å². The van der Waals surface area contributed by atoms with Crippen molar-refractivity contribution in [3.63, 3.8) is 0 Å². The fourth-order valence-corrected chi connectivity index (χ4v) is 2.09. The van der Waals surface area contributed by atoms with E-state index in [9.17, 15) is 9.18 Å². The fourth-order valence-electron chi connectivity index (χ4n) is 2.09. The van der Waals surface area contributed by atoms with E-state index in [1.807, 2.05) is 6.92 Å². The first-order valence-corrected chi connectivity index (χ1v) is 7.22. The van der Waals surface area contributed by atoms with E-state index in [1.54, 1.807) is 6.07 Å². The summed E-state index contributed by atoms with van der Waals surface area (Å²) < 4.78 is 13.4. The minimum atomic E-state index is -0.722. The van der Waals surface area contributed by atoms with Crippen LogP contribution in [0.3, 0.4) is 0 Å². The highest BCUT2D eigenvalue weighted by Crippen LogP contribution is 2.05. The summed E-state index contributed by atoms with van der Waals surface area (Å²) in [5.74, 6) is -1.12. The molecule has 0 aliphatic rings. The molecule has 0 spiro atoms. The first-order chi connectivity index (χ1) is 9.58. The van der Waals surface area contributed by atoms with Gasteiger partial charge in [-0.3, -0.25) is 4.79 Å².